The fourth-order valence-corrected chi connectivity index (χ4v) is 4.08. The van der Waals surface area contributed by atoms with Gasteiger partial charge < -0.3 is 4.74 Å². The van der Waals surface area contributed by atoms with Crippen molar-refractivity contribution in [2.75, 3.05) is 11.4 Å². The number of nitrogens with zero attached hydrogens (tertiary/aromatic N) is 1. The van der Waals surface area contributed by atoms with Crippen molar-refractivity contribution < 1.29 is 22.7 Å². The summed E-state index contributed by atoms with van der Waals surface area (Å²) < 4.78 is 31.1. The average molecular weight is 345 g/mol. The molecule has 0 aromatic heterocycles. The first-order valence-electron chi connectivity index (χ1n) is 7.20. The first-order valence-corrected chi connectivity index (χ1v) is 8.64. The molecule has 7 heteroatoms. The molecule has 1 aliphatic rings. The number of methoxy groups -OCH3 is 1. The van der Waals surface area contributed by atoms with Crippen LogP contribution in [-0.2, 0) is 26.0 Å². The highest BCUT2D eigenvalue weighted by molar-refractivity contribution is 7.93. The highest BCUT2D eigenvalue weighted by atomic mass is 32.2. The number of esters is 1. The minimum Gasteiger partial charge on any atom is -0.465 e. The van der Waals surface area contributed by atoms with Crippen LogP contribution in [0.4, 0.5) is 5.69 Å². The van der Waals surface area contributed by atoms with Crippen LogP contribution < -0.4 is 4.31 Å². The molecule has 0 aliphatic carbocycles. The van der Waals surface area contributed by atoms with Gasteiger partial charge in [-0.2, -0.15) is 0 Å². The zero-order chi connectivity index (χ0) is 17.5. The molecular weight excluding hydrogens is 330 g/mol. The Balaban J connectivity index is 2.06. The standard InChI is InChI=1S/C17H15NO5S/c1-11-3-6-14(7-4-11)24(21,22)18-15-8-5-12(17(20)23-2)9-13(15)10-16(18)19/h3-9H,10H2,1-2H3. The summed E-state index contributed by atoms with van der Waals surface area (Å²) >= 11 is 0. The molecule has 2 aromatic rings. The van der Waals surface area contributed by atoms with E-state index in [1.165, 1.54) is 37.4 Å². The van der Waals surface area contributed by atoms with Gasteiger partial charge in [0.25, 0.3) is 10.0 Å². The number of amides is 1. The molecule has 24 heavy (non-hydrogen) atoms. The van der Waals surface area contributed by atoms with Crippen molar-refractivity contribution in [1.82, 2.24) is 0 Å². The lowest BCUT2D eigenvalue weighted by atomic mass is 10.1. The van der Waals surface area contributed by atoms with E-state index in [0.29, 0.717) is 5.56 Å². The molecule has 0 saturated heterocycles. The second-order valence-corrected chi connectivity index (χ2v) is 7.27. The molecule has 1 heterocycles. The lowest BCUT2D eigenvalue weighted by Crippen LogP contribution is -2.33. The van der Waals surface area contributed by atoms with Crippen molar-refractivity contribution in [2.24, 2.45) is 0 Å². The Morgan fingerprint density at radius 2 is 1.79 bits per heavy atom. The quantitative estimate of drug-likeness (QED) is 0.796. The summed E-state index contributed by atoms with van der Waals surface area (Å²) in [4.78, 5) is 23.9. The van der Waals surface area contributed by atoms with Gasteiger partial charge in [-0.15, -0.1) is 0 Å². The predicted molar refractivity (Wildman–Crippen MR) is 87.3 cm³/mol. The number of sulfonamides is 1. The van der Waals surface area contributed by atoms with Crippen molar-refractivity contribution in [3.63, 3.8) is 0 Å². The maximum atomic E-state index is 12.8. The fourth-order valence-electron chi connectivity index (χ4n) is 2.62. The second-order valence-electron chi connectivity index (χ2n) is 5.49. The van der Waals surface area contributed by atoms with Crippen LogP contribution in [0.5, 0.6) is 0 Å². The number of fused-ring (bicyclic) bond motifs is 1. The molecule has 3 rings (SSSR count). The van der Waals surface area contributed by atoms with Crippen LogP contribution in [0.2, 0.25) is 0 Å². The van der Waals surface area contributed by atoms with Crippen LogP contribution in [0.15, 0.2) is 47.4 Å². The van der Waals surface area contributed by atoms with Crippen LogP contribution >= 0.6 is 0 Å². The third-order valence-electron chi connectivity index (χ3n) is 3.85. The third kappa shape index (κ3) is 2.56. The number of rotatable bonds is 3. The van der Waals surface area contributed by atoms with Gasteiger partial charge in [0.05, 0.1) is 29.7 Å². The molecule has 0 N–H and O–H groups in total. The van der Waals surface area contributed by atoms with E-state index in [-0.39, 0.29) is 22.6 Å². The summed E-state index contributed by atoms with van der Waals surface area (Å²) in [5.41, 5.74) is 1.95. The predicted octanol–water partition coefficient (Wildman–Crippen LogP) is 2.06. The van der Waals surface area contributed by atoms with Gasteiger partial charge in [0, 0.05) is 0 Å². The number of anilines is 1. The van der Waals surface area contributed by atoms with Crippen LogP contribution in [0, 0.1) is 6.92 Å². The highest BCUT2D eigenvalue weighted by Crippen LogP contribution is 2.34. The first-order chi connectivity index (χ1) is 11.3. The summed E-state index contributed by atoms with van der Waals surface area (Å²) in [6.45, 7) is 1.85. The normalized spacial score (nSPS) is 13.8. The molecule has 0 atom stereocenters. The van der Waals surface area contributed by atoms with Crippen LogP contribution in [-0.4, -0.2) is 27.4 Å². The Morgan fingerprint density at radius 3 is 2.42 bits per heavy atom. The number of hydrogen-bond acceptors (Lipinski definition) is 5. The van der Waals surface area contributed by atoms with Crippen molar-refractivity contribution in [3.05, 3.63) is 59.2 Å². The summed E-state index contributed by atoms with van der Waals surface area (Å²) in [5.74, 6) is -1.09. The van der Waals surface area contributed by atoms with Crippen molar-refractivity contribution >= 4 is 27.6 Å². The van der Waals surface area contributed by atoms with E-state index in [1.807, 2.05) is 6.92 Å². The highest BCUT2D eigenvalue weighted by Gasteiger charge is 2.37. The minimum atomic E-state index is -3.99. The number of carbonyl (C=O) groups is 2. The molecule has 0 spiro atoms. The molecule has 0 bridgehead atoms. The summed E-state index contributed by atoms with van der Waals surface area (Å²) in [7, 11) is -2.73. The van der Waals surface area contributed by atoms with E-state index in [0.717, 1.165) is 9.87 Å². The molecule has 0 fully saturated rings. The molecule has 1 aliphatic heterocycles. The van der Waals surface area contributed by atoms with Gasteiger partial charge in [0.2, 0.25) is 5.91 Å². The van der Waals surface area contributed by atoms with Gasteiger partial charge >= 0.3 is 5.97 Å². The topological polar surface area (TPSA) is 80.8 Å². The van der Waals surface area contributed by atoms with E-state index in [2.05, 4.69) is 4.74 Å². The zero-order valence-corrected chi connectivity index (χ0v) is 14.0. The minimum absolute atomic E-state index is 0.0475. The van der Waals surface area contributed by atoms with E-state index >= 15 is 0 Å². The largest absolute Gasteiger partial charge is 0.465 e. The molecule has 0 unspecified atom stereocenters. The van der Waals surface area contributed by atoms with Crippen molar-refractivity contribution in [3.8, 4) is 0 Å². The number of benzene rings is 2. The molecule has 1 amide bonds. The Kier molecular flexibility index (Phi) is 3.88. The molecule has 6 nitrogen and oxygen atoms in total. The Morgan fingerprint density at radius 1 is 1.12 bits per heavy atom. The van der Waals surface area contributed by atoms with Crippen LogP contribution in [0.3, 0.4) is 0 Å². The third-order valence-corrected chi connectivity index (χ3v) is 5.60. The summed E-state index contributed by atoms with van der Waals surface area (Å²) in [5, 5.41) is 0. The maximum absolute atomic E-state index is 12.8. The van der Waals surface area contributed by atoms with E-state index in [9.17, 15) is 18.0 Å². The van der Waals surface area contributed by atoms with Gasteiger partial charge in [-0.05, 0) is 42.8 Å². The zero-order valence-electron chi connectivity index (χ0n) is 13.1. The van der Waals surface area contributed by atoms with Gasteiger partial charge in [0.15, 0.2) is 0 Å². The molecule has 0 radical (unpaired) electrons. The van der Waals surface area contributed by atoms with Gasteiger partial charge in [-0.1, -0.05) is 17.7 Å². The van der Waals surface area contributed by atoms with Crippen molar-refractivity contribution in [2.45, 2.75) is 18.2 Å². The molecule has 2 aromatic carbocycles. The summed E-state index contributed by atoms with van der Waals surface area (Å²) in [6, 6.07) is 10.7. The van der Waals surface area contributed by atoms with E-state index < -0.39 is 21.9 Å². The lowest BCUT2D eigenvalue weighted by molar-refractivity contribution is -0.116. The molecular formula is C17H15NO5S. The Hall–Kier alpha value is -2.67. The molecule has 0 saturated carbocycles. The number of ether oxygens (including phenoxy) is 1. The second kappa shape index (κ2) is 5.76. The number of carbonyl (C=O) groups excluding carboxylic acids is 2. The summed E-state index contributed by atoms with van der Waals surface area (Å²) in [6.07, 6.45) is -0.0781. The smallest absolute Gasteiger partial charge is 0.337 e. The van der Waals surface area contributed by atoms with Crippen LogP contribution in [0.25, 0.3) is 0 Å². The number of hydrogen-bond donors (Lipinski definition) is 0. The maximum Gasteiger partial charge on any atom is 0.337 e. The van der Waals surface area contributed by atoms with Crippen LogP contribution in [0.1, 0.15) is 21.5 Å². The van der Waals surface area contributed by atoms with Gasteiger partial charge in [-0.25, -0.2) is 17.5 Å². The van der Waals surface area contributed by atoms with Gasteiger partial charge in [-0.3, -0.25) is 4.79 Å². The van der Waals surface area contributed by atoms with Crippen molar-refractivity contribution in [1.29, 1.82) is 0 Å². The lowest BCUT2D eigenvalue weighted by Gasteiger charge is -2.18. The fraction of sp³-hybridized carbons (Fsp3) is 0.176. The van der Waals surface area contributed by atoms with Gasteiger partial charge in [0.1, 0.15) is 0 Å². The first kappa shape index (κ1) is 16.2. The van der Waals surface area contributed by atoms with E-state index in [1.54, 1.807) is 12.1 Å². The Bertz CT molecular complexity index is 932. The monoisotopic (exact) mass is 345 g/mol. The SMILES string of the molecule is COC(=O)c1ccc2c(c1)CC(=O)N2S(=O)(=O)c1ccc(C)cc1. The molecule has 124 valence electrons. The average Bonchev–Trinajstić information content (AvgIpc) is 2.89. The number of aryl methyl sites for hydroxylation is 1. The van der Waals surface area contributed by atoms with E-state index in [4.69, 9.17) is 0 Å². The Labute approximate surface area is 139 Å².